The molecule has 7 nitrogen and oxygen atoms in total. The van der Waals surface area contributed by atoms with Crippen molar-refractivity contribution in [3.63, 3.8) is 0 Å². The number of rotatable bonds is 8. The van der Waals surface area contributed by atoms with Gasteiger partial charge in [-0.2, -0.15) is 0 Å². The molecule has 0 radical (unpaired) electrons. The van der Waals surface area contributed by atoms with E-state index in [1.54, 1.807) is 0 Å². The molecule has 8 heteroatoms. The molecule has 3 N–H and O–H groups in total. The fraction of sp³-hybridized carbons (Fsp3) is 0.833. The van der Waals surface area contributed by atoms with Gasteiger partial charge < -0.3 is 20.9 Å². The second-order valence-electron chi connectivity index (χ2n) is 6.93. The normalized spacial score (nSPS) is 20.2. The fourth-order valence-corrected chi connectivity index (χ4v) is 3.07. The topological polar surface area (TPSA) is 85.8 Å². The Labute approximate surface area is 174 Å². The molecule has 2 aliphatic rings. The zero-order valence-corrected chi connectivity index (χ0v) is 18.4. The Morgan fingerprint density at radius 1 is 1.08 bits per heavy atom. The third-order valence-electron chi connectivity index (χ3n) is 4.73. The lowest BCUT2D eigenvalue weighted by Gasteiger charge is -2.33. The van der Waals surface area contributed by atoms with Crippen LogP contribution in [0.3, 0.4) is 0 Å². The van der Waals surface area contributed by atoms with Crippen molar-refractivity contribution < 1.29 is 9.59 Å². The number of carbonyl (C=O) groups is 2. The van der Waals surface area contributed by atoms with Crippen LogP contribution in [0.5, 0.6) is 0 Å². The van der Waals surface area contributed by atoms with Gasteiger partial charge in [0.2, 0.25) is 11.8 Å². The molecule has 1 aliphatic heterocycles. The second-order valence-corrected chi connectivity index (χ2v) is 6.93. The smallest absolute Gasteiger partial charge is 0.224 e. The molecular formula is C18H34IN5O2. The maximum atomic E-state index is 12.3. The molecule has 0 aromatic rings. The van der Waals surface area contributed by atoms with Gasteiger partial charge in [0.05, 0.1) is 6.54 Å². The molecule has 2 fully saturated rings. The molecule has 26 heavy (non-hydrogen) atoms. The number of halogens is 1. The molecule has 1 saturated carbocycles. The first kappa shape index (κ1) is 23.0. The molecule has 2 rings (SSSR count). The molecule has 1 aliphatic carbocycles. The van der Waals surface area contributed by atoms with Crippen LogP contribution in [0.25, 0.3) is 0 Å². The SMILES string of the molecule is CCNC(=NCCC(=O)N1CCCCC1C)NCCNC(=O)C1CC1.I. The van der Waals surface area contributed by atoms with Crippen molar-refractivity contribution in [2.45, 2.75) is 58.4 Å². The van der Waals surface area contributed by atoms with Crippen molar-refractivity contribution >= 4 is 41.8 Å². The van der Waals surface area contributed by atoms with Gasteiger partial charge in [-0.15, -0.1) is 24.0 Å². The zero-order chi connectivity index (χ0) is 18.1. The number of carbonyl (C=O) groups excluding carboxylic acids is 2. The van der Waals surface area contributed by atoms with Crippen LogP contribution in [-0.2, 0) is 9.59 Å². The second kappa shape index (κ2) is 12.3. The maximum absolute atomic E-state index is 12.3. The van der Waals surface area contributed by atoms with Gasteiger partial charge in [-0.1, -0.05) is 0 Å². The lowest BCUT2D eigenvalue weighted by molar-refractivity contribution is -0.134. The minimum absolute atomic E-state index is 0. The Morgan fingerprint density at radius 3 is 2.46 bits per heavy atom. The Morgan fingerprint density at radius 2 is 1.81 bits per heavy atom. The number of nitrogens with one attached hydrogen (secondary N) is 3. The molecule has 0 spiro atoms. The summed E-state index contributed by atoms with van der Waals surface area (Å²) in [5.74, 6) is 1.29. The molecule has 1 heterocycles. The molecule has 1 unspecified atom stereocenters. The first-order valence-corrected chi connectivity index (χ1v) is 9.71. The summed E-state index contributed by atoms with van der Waals surface area (Å²) in [5.41, 5.74) is 0. The van der Waals surface area contributed by atoms with Crippen molar-refractivity contribution in [3.05, 3.63) is 0 Å². The van der Waals surface area contributed by atoms with Crippen LogP contribution in [0, 0.1) is 5.92 Å². The van der Waals surface area contributed by atoms with E-state index in [2.05, 4.69) is 27.9 Å². The van der Waals surface area contributed by atoms with Gasteiger partial charge in [0.15, 0.2) is 5.96 Å². The maximum Gasteiger partial charge on any atom is 0.224 e. The van der Waals surface area contributed by atoms with Crippen LogP contribution in [0.4, 0.5) is 0 Å². The minimum atomic E-state index is 0. The standard InChI is InChI=1S/C18H33N5O2.HI/c1-3-19-18(22-12-11-20-17(25)15-7-8-15)21-10-9-16(24)23-13-5-4-6-14(23)2;/h14-15H,3-13H2,1-2H3,(H,20,25)(H2,19,21,22);1H. The number of piperidine rings is 1. The fourth-order valence-electron chi connectivity index (χ4n) is 3.07. The van der Waals surface area contributed by atoms with Gasteiger partial charge in [-0.25, -0.2) is 0 Å². The number of hydrogen-bond acceptors (Lipinski definition) is 3. The Hall–Kier alpha value is -1.06. The molecular weight excluding hydrogens is 445 g/mol. The number of nitrogens with zero attached hydrogens (tertiary/aromatic N) is 2. The number of likely N-dealkylation sites (tertiary alicyclic amines) is 1. The summed E-state index contributed by atoms with van der Waals surface area (Å²) in [7, 11) is 0. The highest BCUT2D eigenvalue weighted by molar-refractivity contribution is 14.0. The van der Waals surface area contributed by atoms with Crippen LogP contribution < -0.4 is 16.0 Å². The van der Waals surface area contributed by atoms with Crippen LogP contribution in [0.2, 0.25) is 0 Å². The zero-order valence-electron chi connectivity index (χ0n) is 16.1. The molecule has 0 aromatic carbocycles. The summed E-state index contributed by atoms with van der Waals surface area (Å²) in [5, 5.41) is 9.29. The van der Waals surface area contributed by atoms with E-state index in [0.29, 0.717) is 38.1 Å². The van der Waals surface area contributed by atoms with E-state index < -0.39 is 0 Å². The van der Waals surface area contributed by atoms with Crippen LogP contribution in [-0.4, -0.2) is 61.4 Å². The van der Waals surface area contributed by atoms with Gasteiger partial charge >= 0.3 is 0 Å². The highest BCUT2D eigenvalue weighted by atomic mass is 127. The van der Waals surface area contributed by atoms with E-state index in [1.165, 1.54) is 6.42 Å². The quantitative estimate of drug-likeness (QED) is 0.213. The summed E-state index contributed by atoms with van der Waals surface area (Å²) < 4.78 is 0. The molecule has 1 saturated heterocycles. The summed E-state index contributed by atoms with van der Waals surface area (Å²) in [4.78, 5) is 30.4. The Bertz CT molecular complexity index is 482. The van der Waals surface area contributed by atoms with Gasteiger partial charge in [-0.05, 0) is 46.0 Å². The largest absolute Gasteiger partial charge is 0.357 e. The first-order valence-electron chi connectivity index (χ1n) is 9.71. The molecule has 1 atom stereocenters. The highest BCUT2D eigenvalue weighted by Crippen LogP contribution is 2.28. The summed E-state index contributed by atoms with van der Waals surface area (Å²) >= 11 is 0. The van der Waals surface area contributed by atoms with E-state index >= 15 is 0 Å². The van der Waals surface area contributed by atoms with E-state index in [9.17, 15) is 9.59 Å². The predicted molar refractivity (Wildman–Crippen MR) is 115 cm³/mol. The van der Waals surface area contributed by atoms with Crippen molar-refractivity contribution in [3.8, 4) is 0 Å². The number of guanidine groups is 1. The lowest BCUT2D eigenvalue weighted by Crippen LogP contribution is -2.43. The first-order chi connectivity index (χ1) is 12.1. The number of amides is 2. The van der Waals surface area contributed by atoms with Crippen molar-refractivity contribution in [2.75, 3.05) is 32.7 Å². The summed E-state index contributed by atoms with van der Waals surface area (Å²) in [6.07, 6.45) is 5.91. The minimum Gasteiger partial charge on any atom is -0.357 e. The van der Waals surface area contributed by atoms with E-state index in [1.807, 2.05) is 11.8 Å². The third kappa shape index (κ3) is 8.09. The van der Waals surface area contributed by atoms with E-state index in [4.69, 9.17) is 0 Å². The van der Waals surface area contributed by atoms with Crippen molar-refractivity contribution in [2.24, 2.45) is 10.9 Å². The summed E-state index contributed by atoms with van der Waals surface area (Å²) in [6, 6.07) is 0.353. The highest BCUT2D eigenvalue weighted by Gasteiger charge is 2.29. The van der Waals surface area contributed by atoms with Crippen LogP contribution in [0.1, 0.15) is 52.4 Å². The van der Waals surface area contributed by atoms with Gasteiger partial charge in [0.1, 0.15) is 0 Å². The Balaban J connectivity index is 0.00000338. The molecule has 0 aromatic heterocycles. The molecule has 150 valence electrons. The lowest BCUT2D eigenvalue weighted by atomic mass is 10.0. The average molecular weight is 479 g/mol. The average Bonchev–Trinajstić information content (AvgIpc) is 3.43. The Kier molecular flexibility index (Phi) is 10.9. The van der Waals surface area contributed by atoms with Crippen LogP contribution in [0.15, 0.2) is 4.99 Å². The van der Waals surface area contributed by atoms with Crippen LogP contribution >= 0.6 is 24.0 Å². The van der Waals surface area contributed by atoms with E-state index in [-0.39, 0.29) is 41.7 Å². The van der Waals surface area contributed by atoms with Gasteiger partial charge in [-0.3, -0.25) is 14.6 Å². The predicted octanol–water partition coefficient (Wildman–Crippen LogP) is 1.48. The third-order valence-corrected chi connectivity index (χ3v) is 4.73. The molecule has 2 amide bonds. The molecule has 0 bridgehead atoms. The van der Waals surface area contributed by atoms with Crippen molar-refractivity contribution in [1.82, 2.24) is 20.9 Å². The number of aliphatic imine (C=N–C) groups is 1. The van der Waals surface area contributed by atoms with Crippen molar-refractivity contribution in [1.29, 1.82) is 0 Å². The van der Waals surface area contributed by atoms with Gasteiger partial charge in [0.25, 0.3) is 0 Å². The monoisotopic (exact) mass is 479 g/mol. The van der Waals surface area contributed by atoms with E-state index in [0.717, 1.165) is 38.8 Å². The summed E-state index contributed by atoms with van der Waals surface area (Å²) in [6.45, 7) is 7.46. The number of hydrogen-bond donors (Lipinski definition) is 3. The van der Waals surface area contributed by atoms with Gasteiger partial charge in [0, 0.05) is 44.6 Å².